The highest BCUT2D eigenvalue weighted by Gasteiger charge is 2.32. The third-order valence-corrected chi connectivity index (χ3v) is 4.63. The summed E-state index contributed by atoms with van der Waals surface area (Å²) in [7, 11) is 0. The van der Waals surface area contributed by atoms with Gasteiger partial charge < -0.3 is 9.26 Å². The molecule has 1 heterocycles. The number of ether oxygens (including phenoxy) is 1. The van der Waals surface area contributed by atoms with Gasteiger partial charge in [0.1, 0.15) is 29.6 Å². The molecule has 1 atom stereocenters. The quantitative estimate of drug-likeness (QED) is 0.658. The van der Waals surface area contributed by atoms with Crippen LogP contribution < -0.4 is 4.74 Å². The summed E-state index contributed by atoms with van der Waals surface area (Å²) >= 11 is 0. The minimum atomic E-state index is -2.54. The Morgan fingerprint density at radius 2 is 2.08 bits per heavy atom. The van der Waals surface area contributed by atoms with Gasteiger partial charge in [-0.25, -0.2) is 8.78 Å². The molecule has 26 heavy (non-hydrogen) atoms. The summed E-state index contributed by atoms with van der Waals surface area (Å²) in [5.74, 6) is -0.320. The van der Waals surface area contributed by atoms with Gasteiger partial charge in [-0.3, -0.25) is 9.59 Å². The van der Waals surface area contributed by atoms with Crippen LogP contribution in [-0.4, -0.2) is 29.8 Å². The molecular formula is C19H15F2NO4. The van der Waals surface area contributed by atoms with E-state index in [4.69, 9.17) is 9.26 Å². The Balaban J connectivity index is 1.78. The Labute approximate surface area is 146 Å². The zero-order chi connectivity index (χ0) is 18.3. The van der Waals surface area contributed by atoms with Crippen LogP contribution in [0.3, 0.4) is 0 Å². The van der Waals surface area contributed by atoms with Crippen LogP contribution in [0.1, 0.15) is 30.9 Å². The predicted octanol–water partition coefficient (Wildman–Crippen LogP) is 4.03. The molecule has 4 rings (SSSR count). The maximum Gasteiger partial charge on any atom is 0.272 e. The van der Waals surface area contributed by atoms with Gasteiger partial charge in [-0.2, -0.15) is 0 Å². The predicted molar refractivity (Wildman–Crippen MR) is 89.6 cm³/mol. The van der Waals surface area contributed by atoms with Gasteiger partial charge in [-0.1, -0.05) is 11.2 Å². The molecule has 3 aromatic rings. The molecule has 0 amide bonds. The van der Waals surface area contributed by atoms with Crippen molar-refractivity contribution in [2.45, 2.75) is 31.6 Å². The SMILES string of the molecule is O=C1CCC(c2noc3ccc4cc(OCC(F)F)ccc4c23)C(=O)C1. The number of ketones is 2. The van der Waals surface area contributed by atoms with E-state index in [1.54, 1.807) is 30.3 Å². The molecule has 0 aliphatic heterocycles. The molecule has 0 radical (unpaired) electrons. The number of alkyl halides is 2. The molecule has 1 fully saturated rings. The molecule has 0 bridgehead atoms. The van der Waals surface area contributed by atoms with Gasteiger partial charge in [-0.05, 0) is 41.5 Å². The van der Waals surface area contributed by atoms with Crippen LogP contribution in [0.5, 0.6) is 5.75 Å². The lowest BCUT2D eigenvalue weighted by Gasteiger charge is -2.18. The molecule has 0 spiro atoms. The average Bonchev–Trinajstić information content (AvgIpc) is 3.04. The zero-order valence-corrected chi connectivity index (χ0v) is 13.7. The van der Waals surface area contributed by atoms with E-state index in [1.807, 2.05) is 0 Å². The Morgan fingerprint density at radius 1 is 1.23 bits per heavy atom. The molecule has 134 valence electrons. The summed E-state index contributed by atoms with van der Waals surface area (Å²) in [6.45, 7) is -0.670. The summed E-state index contributed by atoms with van der Waals surface area (Å²) < 4.78 is 35.1. The molecule has 5 nitrogen and oxygen atoms in total. The van der Waals surface area contributed by atoms with Crippen LogP contribution in [-0.2, 0) is 9.59 Å². The fourth-order valence-electron chi connectivity index (χ4n) is 3.42. The Bertz CT molecular complexity index is 1010. The molecule has 2 aromatic carbocycles. The number of fused-ring (bicyclic) bond motifs is 3. The van der Waals surface area contributed by atoms with E-state index in [9.17, 15) is 18.4 Å². The van der Waals surface area contributed by atoms with Gasteiger partial charge in [0.2, 0.25) is 0 Å². The number of carbonyl (C=O) groups is 2. The molecule has 1 aliphatic rings. The topological polar surface area (TPSA) is 69.4 Å². The van der Waals surface area contributed by atoms with Crippen LogP contribution in [0, 0.1) is 0 Å². The second-order valence-electron chi connectivity index (χ2n) is 6.36. The number of hydrogen-bond acceptors (Lipinski definition) is 5. The fraction of sp³-hybridized carbons (Fsp3) is 0.316. The van der Waals surface area contributed by atoms with Gasteiger partial charge in [-0.15, -0.1) is 0 Å². The first-order valence-corrected chi connectivity index (χ1v) is 8.30. The fourth-order valence-corrected chi connectivity index (χ4v) is 3.42. The highest BCUT2D eigenvalue weighted by atomic mass is 19.3. The molecule has 1 unspecified atom stereocenters. The summed E-state index contributed by atoms with van der Waals surface area (Å²) in [6.07, 6.45) is -1.85. The molecule has 0 N–H and O–H groups in total. The maximum absolute atomic E-state index is 12.3. The lowest BCUT2D eigenvalue weighted by molar-refractivity contribution is -0.130. The minimum absolute atomic E-state index is 0.0512. The van der Waals surface area contributed by atoms with Gasteiger partial charge >= 0.3 is 0 Å². The van der Waals surface area contributed by atoms with Gasteiger partial charge in [0.25, 0.3) is 6.43 Å². The van der Waals surface area contributed by atoms with Crippen molar-refractivity contribution in [2.75, 3.05) is 6.61 Å². The standard InChI is InChI=1S/C19H15F2NO4/c20-17(21)9-25-12-3-5-13-10(7-12)1-6-16-18(13)19(22-26-16)14-4-2-11(23)8-15(14)24/h1,3,5-7,14,17H,2,4,8-9H2. The van der Waals surface area contributed by atoms with Crippen molar-refractivity contribution in [1.82, 2.24) is 5.16 Å². The number of benzene rings is 2. The lowest BCUT2D eigenvalue weighted by atomic mass is 9.83. The van der Waals surface area contributed by atoms with E-state index < -0.39 is 19.0 Å². The van der Waals surface area contributed by atoms with Gasteiger partial charge in [0, 0.05) is 6.42 Å². The highest BCUT2D eigenvalue weighted by molar-refractivity contribution is 6.11. The van der Waals surface area contributed by atoms with E-state index >= 15 is 0 Å². The van der Waals surface area contributed by atoms with E-state index in [0.717, 1.165) is 16.2 Å². The number of carbonyl (C=O) groups excluding carboxylic acids is 2. The largest absolute Gasteiger partial charge is 0.488 e. The number of rotatable bonds is 4. The first-order valence-electron chi connectivity index (χ1n) is 8.30. The highest BCUT2D eigenvalue weighted by Crippen LogP contribution is 2.37. The van der Waals surface area contributed by atoms with Crippen molar-refractivity contribution < 1.29 is 27.6 Å². The van der Waals surface area contributed by atoms with Gasteiger partial charge in [0.05, 0.1) is 17.7 Å². The zero-order valence-electron chi connectivity index (χ0n) is 13.7. The van der Waals surface area contributed by atoms with Crippen molar-refractivity contribution >= 4 is 33.3 Å². The number of Topliss-reactive ketones (excluding diaryl/α,β-unsaturated/α-hetero) is 2. The third kappa shape index (κ3) is 2.94. The number of hydrogen-bond donors (Lipinski definition) is 0. The number of aromatic nitrogens is 1. The van der Waals surface area contributed by atoms with Crippen molar-refractivity contribution in [3.05, 3.63) is 36.0 Å². The smallest absolute Gasteiger partial charge is 0.272 e. The second kappa shape index (κ2) is 6.48. The summed E-state index contributed by atoms with van der Waals surface area (Å²) in [6, 6.07) is 8.53. The lowest BCUT2D eigenvalue weighted by Crippen LogP contribution is -2.23. The normalized spacial score (nSPS) is 18.2. The molecular weight excluding hydrogens is 344 g/mol. The van der Waals surface area contributed by atoms with Gasteiger partial charge in [0.15, 0.2) is 5.58 Å². The summed E-state index contributed by atoms with van der Waals surface area (Å²) in [5, 5.41) is 6.38. The summed E-state index contributed by atoms with van der Waals surface area (Å²) in [5.41, 5.74) is 1.07. The Kier molecular flexibility index (Phi) is 4.14. The first-order chi connectivity index (χ1) is 12.5. The van der Waals surface area contributed by atoms with Crippen LogP contribution in [0.2, 0.25) is 0 Å². The van der Waals surface area contributed by atoms with E-state index in [-0.39, 0.29) is 18.0 Å². The van der Waals surface area contributed by atoms with E-state index in [2.05, 4.69) is 5.16 Å². The third-order valence-electron chi connectivity index (χ3n) is 4.63. The molecule has 0 saturated heterocycles. The average molecular weight is 359 g/mol. The number of nitrogens with zero attached hydrogens (tertiary/aromatic N) is 1. The molecule has 1 saturated carbocycles. The first kappa shape index (κ1) is 16.6. The minimum Gasteiger partial charge on any atom is -0.488 e. The molecule has 7 heteroatoms. The van der Waals surface area contributed by atoms with Crippen LogP contribution in [0.25, 0.3) is 21.7 Å². The van der Waals surface area contributed by atoms with Crippen molar-refractivity contribution in [2.24, 2.45) is 0 Å². The Morgan fingerprint density at radius 3 is 2.85 bits per heavy atom. The van der Waals surface area contributed by atoms with Crippen molar-refractivity contribution in [3.63, 3.8) is 0 Å². The van der Waals surface area contributed by atoms with E-state index in [1.165, 1.54) is 0 Å². The summed E-state index contributed by atoms with van der Waals surface area (Å²) in [4.78, 5) is 23.8. The molecule has 1 aliphatic carbocycles. The van der Waals surface area contributed by atoms with Crippen LogP contribution >= 0.6 is 0 Å². The van der Waals surface area contributed by atoms with Crippen molar-refractivity contribution in [1.29, 1.82) is 0 Å². The Hall–Kier alpha value is -2.83. The van der Waals surface area contributed by atoms with E-state index in [0.29, 0.717) is 29.9 Å². The van der Waals surface area contributed by atoms with Crippen molar-refractivity contribution in [3.8, 4) is 5.75 Å². The molecule has 1 aromatic heterocycles. The second-order valence-corrected chi connectivity index (χ2v) is 6.36. The monoisotopic (exact) mass is 359 g/mol. The number of halogens is 2. The maximum atomic E-state index is 12.3. The van der Waals surface area contributed by atoms with Crippen LogP contribution in [0.4, 0.5) is 8.78 Å². The van der Waals surface area contributed by atoms with Crippen LogP contribution in [0.15, 0.2) is 34.9 Å².